The lowest BCUT2D eigenvalue weighted by atomic mass is 10.4. The van der Waals surface area contributed by atoms with Gasteiger partial charge in [-0.1, -0.05) is 0 Å². The standard InChI is InChI=1S/C3H7NO2/c4-3(1-5)2-6/h3H,1-2,4H2. The molecule has 0 amide bonds. The van der Waals surface area contributed by atoms with E-state index in [-0.39, 0.29) is 0 Å². The maximum atomic E-state index is 9.54. The molecule has 0 aliphatic rings. The second-order valence-electron chi connectivity index (χ2n) is 1.09. The molecular formula is C3H7NO2. The highest BCUT2D eigenvalue weighted by atomic mass is 16.3. The van der Waals surface area contributed by atoms with E-state index in [1.165, 1.54) is 0 Å². The van der Waals surface area contributed by atoms with Crippen molar-refractivity contribution in [3.05, 3.63) is 0 Å². The van der Waals surface area contributed by atoms with Crippen LogP contribution >= 0.6 is 0 Å². The Kier molecular flexibility index (Phi) is 3.02. The molecule has 2 N–H and O–H groups in total. The van der Waals surface area contributed by atoms with Gasteiger partial charge in [0, 0.05) is 0 Å². The maximum absolute atomic E-state index is 9.54. The number of rotatable bonds is 2. The zero-order valence-corrected chi connectivity index (χ0v) is 3.39. The van der Waals surface area contributed by atoms with Gasteiger partial charge in [-0.25, -0.2) is 10.2 Å². The van der Waals surface area contributed by atoms with Crippen molar-refractivity contribution in [2.45, 2.75) is 6.04 Å². The highest BCUT2D eigenvalue weighted by molar-refractivity contribution is 4.51. The van der Waals surface area contributed by atoms with E-state index in [9.17, 15) is 10.2 Å². The molecule has 2 radical (unpaired) electrons. The van der Waals surface area contributed by atoms with Gasteiger partial charge in [-0.05, 0) is 0 Å². The van der Waals surface area contributed by atoms with E-state index in [0.29, 0.717) is 0 Å². The van der Waals surface area contributed by atoms with Gasteiger partial charge in [-0.2, -0.15) is 0 Å². The van der Waals surface area contributed by atoms with Gasteiger partial charge in [-0.3, -0.25) is 0 Å². The number of hydrogen-bond donors (Lipinski definition) is 1. The molecule has 0 heterocycles. The van der Waals surface area contributed by atoms with Crippen LogP contribution in [0.4, 0.5) is 0 Å². The maximum Gasteiger partial charge on any atom is 0.0997 e. The van der Waals surface area contributed by atoms with Crippen molar-refractivity contribution in [3.63, 3.8) is 0 Å². The molecule has 0 saturated carbocycles. The zero-order chi connectivity index (χ0) is 4.99. The molecular weight excluding hydrogens is 82.0 g/mol. The summed E-state index contributed by atoms with van der Waals surface area (Å²) >= 11 is 0. The highest BCUT2D eigenvalue weighted by Crippen LogP contribution is 1.68. The Bertz CT molecular complexity index is 28.0. The van der Waals surface area contributed by atoms with Gasteiger partial charge in [0.1, 0.15) is 0 Å². The third kappa shape index (κ3) is 2.14. The van der Waals surface area contributed by atoms with E-state index in [2.05, 4.69) is 0 Å². The molecule has 0 aliphatic carbocycles. The molecule has 0 bridgehead atoms. The molecule has 0 aliphatic heterocycles. The summed E-state index contributed by atoms with van der Waals surface area (Å²) in [5, 5.41) is 19.1. The van der Waals surface area contributed by atoms with E-state index in [0.717, 1.165) is 0 Å². The lowest BCUT2D eigenvalue weighted by Crippen LogP contribution is -2.26. The van der Waals surface area contributed by atoms with Gasteiger partial charge in [0.25, 0.3) is 0 Å². The second-order valence-corrected chi connectivity index (χ2v) is 1.09. The fourth-order valence-electron chi connectivity index (χ4n) is 0.0481. The monoisotopic (exact) mass is 89.0 g/mol. The summed E-state index contributed by atoms with van der Waals surface area (Å²) in [5.41, 5.74) is 4.85. The Balaban J connectivity index is 2.75. The van der Waals surface area contributed by atoms with Gasteiger partial charge < -0.3 is 5.73 Å². The first-order valence-corrected chi connectivity index (χ1v) is 1.73. The smallest absolute Gasteiger partial charge is 0.0997 e. The van der Waals surface area contributed by atoms with E-state index in [1.54, 1.807) is 0 Å². The summed E-state index contributed by atoms with van der Waals surface area (Å²) in [4.78, 5) is 0. The van der Waals surface area contributed by atoms with Crippen LogP contribution < -0.4 is 5.73 Å². The van der Waals surface area contributed by atoms with E-state index in [4.69, 9.17) is 5.73 Å². The predicted octanol–water partition coefficient (Wildman–Crippen LogP) is -0.825. The molecule has 0 saturated heterocycles. The first kappa shape index (κ1) is 5.88. The Hall–Kier alpha value is -0.120. The molecule has 0 fully saturated rings. The van der Waals surface area contributed by atoms with Gasteiger partial charge >= 0.3 is 0 Å². The molecule has 3 heteroatoms. The molecule has 0 unspecified atom stereocenters. The Morgan fingerprint density at radius 1 is 1.33 bits per heavy atom. The van der Waals surface area contributed by atoms with Crippen LogP contribution in [0.3, 0.4) is 0 Å². The summed E-state index contributed by atoms with van der Waals surface area (Å²) in [6.07, 6.45) is 0. The van der Waals surface area contributed by atoms with Crippen molar-refractivity contribution in [3.8, 4) is 0 Å². The van der Waals surface area contributed by atoms with Gasteiger partial charge in [-0.15, -0.1) is 0 Å². The average Bonchev–Trinajstić information content (AvgIpc) is 1.65. The third-order valence-electron chi connectivity index (χ3n) is 0.428. The average molecular weight is 89.1 g/mol. The van der Waals surface area contributed by atoms with Crippen molar-refractivity contribution < 1.29 is 10.2 Å². The van der Waals surface area contributed by atoms with Crippen LogP contribution in [0.2, 0.25) is 0 Å². The fourth-order valence-corrected chi connectivity index (χ4v) is 0.0481. The molecule has 0 aromatic rings. The molecule has 36 valence electrons. The number of nitrogens with two attached hydrogens (primary N) is 1. The first-order valence-electron chi connectivity index (χ1n) is 1.73. The van der Waals surface area contributed by atoms with E-state index >= 15 is 0 Å². The van der Waals surface area contributed by atoms with Crippen molar-refractivity contribution in [1.29, 1.82) is 0 Å². The predicted molar refractivity (Wildman–Crippen MR) is 19.1 cm³/mol. The highest BCUT2D eigenvalue weighted by Gasteiger charge is 1.95. The van der Waals surface area contributed by atoms with Crippen molar-refractivity contribution in [2.75, 3.05) is 13.2 Å². The van der Waals surface area contributed by atoms with E-state index < -0.39 is 19.3 Å². The topological polar surface area (TPSA) is 65.8 Å². The molecule has 0 spiro atoms. The molecule has 0 aromatic carbocycles. The minimum atomic E-state index is -0.676. The Morgan fingerprint density at radius 3 is 1.67 bits per heavy atom. The quantitative estimate of drug-likeness (QED) is 0.471. The summed E-state index contributed by atoms with van der Waals surface area (Å²) in [6.45, 7) is -0.910. The molecule has 6 heavy (non-hydrogen) atoms. The van der Waals surface area contributed by atoms with Crippen molar-refractivity contribution in [2.24, 2.45) is 5.73 Å². The van der Waals surface area contributed by atoms with Gasteiger partial charge in [0.15, 0.2) is 0 Å². The molecule has 0 atom stereocenters. The summed E-state index contributed by atoms with van der Waals surface area (Å²) < 4.78 is 0. The zero-order valence-electron chi connectivity index (χ0n) is 3.39. The van der Waals surface area contributed by atoms with Gasteiger partial charge in [0.2, 0.25) is 0 Å². The Morgan fingerprint density at radius 2 is 1.67 bits per heavy atom. The SMILES string of the molecule is NC(C[O])C[O]. The van der Waals surface area contributed by atoms with Crippen molar-refractivity contribution >= 4 is 0 Å². The van der Waals surface area contributed by atoms with Crippen molar-refractivity contribution in [1.82, 2.24) is 0 Å². The Labute approximate surface area is 36.4 Å². The van der Waals surface area contributed by atoms with Crippen LogP contribution in [0.1, 0.15) is 0 Å². The second kappa shape index (κ2) is 3.08. The van der Waals surface area contributed by atoms with Crippen LogP contribution in [0, 0.1) is 0 Å². The third-order valence-corrected chi connectivity index (χ3v) is 0.428. The minimum absolute atomic E-state index is 0.455. The van der Waals surface area contributed by atoms with Crippen LogP contribution in [0.5, 0.6) is 0 Å². The molecule has 3 nitrogen and oxygen atoms in total. The van der Waals surface area contributed by atoms with Gasteiger partial charge in [0.05, 0.1) is 19.3 Å². The molecule has 0 aromatic heterocycles. The summed E-state index contributed by atoms with van der Waals surface area (Å²) in [7, 11) is 0. The first-order chi connectivity index (χ1) is 2.81. The molecule has 0 rings (SSSR count). The lowest BCUT2D eigenvalue weighted by Gasteiger charge is -1.94. The largest absolute Gasteiger partial charge is 0.324 e. The van der Waals surface area contributed by atoms with E-state index in [1.807, 2.05) is 0 Å². The summed E-state index contributed by atoms with van der Waals surface area (Å²) in [5.74, 6) is 0. The fraction of sp³-hybridized carbons (Fsp3) is 1.00. The number of hydrogen-bond acceptors (Lipinski definition) is 1. The van der Waals surface area contributed by atoms with Crippen LogP contribution in [-0.4, -0.2) is 19.3 Å². The van der Waals surface area contributed by atoms with Crippen LogP contribution in [-0.2, 0) is 10.2 Å². The van der Waals surface area contributed by atoms with Crippen LogP contribution in [0.25, 0.3) is 0 Å². The minimum Gasteiger partial charge on any atom is -0.324 e. The van der Waals surface area contributed by atoms with Crippen LogP contribution in [0.15, 0.2) is 0 Å². The lowest BCUT2D eigenvalue weighted by molar-refractivity contribution is 0.106. The summed E-state index contributed by atoms with van der Waals surface area (Å²) in [6, 6.07) is -0.676. The normalized spacial score (nSPS) is 10.0.